The molecule has 13 aromatic rings. The molecule has 2 aliphatic rings. The lowest BCUT2D eigenvalue weighted by Crippen LogP contribution is -2.57. The van der Waals surface area contributed by atoms with Gasteiger partial charge < -0.3 is 9.38 Å². The molecule has 0 radical (unpaired) electrons. The summed E-state index contributed by atoms with van der Waals surface area (Å²) in [6.45, 7) is 2.20. The molecule has 0 aliphatic carbocycles. The zero-order valence-electron chi connectivity index (χ0n) is 40.5. The van der Waals surface area contributed by atoms with Crippen molar-refractivity contribution in [3.05, 3.63) is 254 Å². The zero-order valence-corrected chi connectivity index (χ0v) is 40.5. The Morgan fingerprint density at radius 1 is 0.378 bits per heavy atom. The molecule has 0 unspecified atom stereocenters. The van der Waals surface area contributed by atoms with E-state index in [9.17, 15) is 0 Å². The molecule has 0 saturated carbocycles. The van der Waals surface area contributed by atoms with Gasteiger partial charge in [-0.3, -0.25) is 0 Å². The molecule has 344 valence electrons. The molecule has 2 aromatic heterocycles. The molecule has 0 bridgehead atoms. The van der Waals surface area contributed by atoms with Gasteiger partial charge in [0.05, 0.1) is 0 Å². The van der Waals surface area contributed by atoms with Crippen molar-refractivity contribution in [2.75, 3.05) is 4.90 Å². The third-order valence-corrected chi connectivity index (χ3v) is 15.4. The van der Waals surface area contributed by atoms with Crippen LogP contribution in [0.5, 0.6) is 0 Å². The average Bonchev–Trinajstić information content (AvgIpc) is 3.95. The smallest absolute Gasteiger partial charge is 0.333 e. The van der Waals surface area contributed by atoms with E-state index < -0.39 is 0 Å². The summed E-state index contributed by atoms with van der Waals surface area (Å²) in [4.78, 5) is 17.9. The Kier molecular flexibility index (Phi) is 9.51. The van der Waals surface area contributed by atoms with E-state index in [4.69, 9.17) is 15.0 Å². The van der Waals surface area contributed by atoms with Crippen LogP contribution in [0.15, 0.2) is 249 Å². The molecule has 2 aliphatic heterocycles. The first-order chi connectivity index (χ1) is 36.6. The molecule has 0 atom stereocenters. The predicted molar refractivity (Wildman–Crippen MR) is 308 cm³/mol. The third kappa shape index (κ3) is 6.55. The number of nitrogens with zero attached hydrogens (tertiary/aromatic N) is 5. The van der Waals surface area contributed by atoms with E-state index in [0.717, 1.165) is 44.9 Å². The molecule has 0 amide bonds. The summed E-state index contributed by atoms with van der Waals surface area (Å²) in [5.74, 6) is 1.90. The first-order valence-corrected chi connectivity index (χ1v) is 25.4. The van der Waals surface area contributed by atoms with Crippen LogP contribution in [-0.4, -0.2) is 26.3 Å². The second-order valence-corrected chi connectivity index (χ2v) is 19.5. The van der Waals surface area contributed by atoms with E-state index in [-0.39, 0.29) is 6.85 Å². The van der Waals surface area contributed by atoms with Gasteiger partial charge in [0.15, 0.2) is 17.5 Å². The Hall–Kier alpha value is -9.65. The van der Waals surface area contributed by atoms with Crippen molar-refractivity contribution in [3.8, 4) is 78.7 Å². The van der Waals surface area contributed by atoms with Gasteiger partial charge in [0.1, 0.15) is 0 Å². The molecule has 15 rings (SSSR count). The fourth-order valence-electron chi connectivity index (χ4n) is 12.1. The first kappa shape index (κ1) is 42.1. The fourth-order valence-corrected chi connectivity index (χ4v) is 12.1. The Balaban J connectivity index is 1.01. The van der Waals surface area contributed by atoms with Crippen LogP contribution < -0.4 is 15.8 Å². The van der Waals surface area contributed by atoms with Crippen LogP contribution in [0.3, 0.4) is 0 Å². The first-order valence-electron chi connectivity index (χ1n) is 25.4. The molecule has 0 N–H and O–H groups in total. The SMILES string of the molecule is Cc1c(-c2cccc(-c3nc(-c4ccccc4)nc(-c4ccccc4)n3)c2)cc2c3c1-c1cccc4c5c6ccccc6ccc5n(c14)B3c1cc(-c3ccccc3)ccc1N2c1ccc(-c2ccccc2)cc1. The molecule has 6 heteroatoms. The molecule has 0 saturated heterocycles. The van der Waals surface area contributed by atoms with E-state index in [1.807, 2.05) is 36.4 Å². The van der Waals surface area contributed by atoms with Gasteiger partial charge in [0, 0.05) is 61.1 Å². The molecule has 0 fully saturated rings. The van der Waals surface area contributed by atoms with Crippen LogP contribution in [0.4, 0.5) is 17.1 Å². The summed E-state index contributed by atoms with van der Waals surface area (Å²) in [5, 5.41) is 5.07. The number of hydrogen-bond acceptors (Lipinski definition) is 4. The van der Waals surface area contributed by atoms with Crippen molar-refractivity contribution >= 4 is 67.4 Å². The highest BCUT2D eigenvalue weighted by Crippen LogP contribution is 2.50. The lowest BCUT2D eigenvalue weighted by atomic mass is 9.44. The highest BCUT2D eigenvalue weighted by Gasteiger charge is 2.44. The predicted octanol–water partition coefficient (Wildman–Crippen LogP) is 15.9. The van der Waals surface area contributed by atoms with Crippen LogP contribution in [-0.2, 0) is 0 Å². The van der Waals surface area contributed by atoms with Crippen molar-refractivity contribution in [2.24, 2.45) is 0 Å². The van der Waals surface area contributed by atoms with Gasteiger partial charge >= 0.3 is 6.85 Å². The molecule has 74 heavy (non-hydrogen) atoms. The normalized spacial score (nSPS) is 12.3. The Labute approximate surface area is 429 Å². The van der Waals surface area contributed by atoms with Crippen LogP contribution in [0.2, 0.25) is 0 Å². The summed E-state index contributed by atoms with van der Waals surface area (Å²) in [6, 6.07) is 89.9. The monoisotopic (exact) mass is 941 g/mol. The van der Waals surface area contributed by atoms with E-state index in [1.165, 1.54) is 82.4 Å². The fraction of sp³-hybridized carbons (Fsp3) is 0.0147. The molecular formula is C68H44BN5. The Morgan fingerprint density at radius 3 is 1.61 bits per heavy atom. The molecule has 5 nitrogen and oxygen atoms in total. The minimum absolute atomic E-state index is 0.133. The maximum absolute atomic E-state index is 5.17. The van der Waals surface area contributed by atoms with Gasteiger partial charge in [0.2, 0.25) is 0 Å². The van der Waals surface area contributed by atoms with Gasteiger partial charge in [-0.2, -0.15) is 0 Å². The second-order valence-electron chi connectivity index (χ2n) is 19.5. The van der Waals surface area contributed by atoms with Gasteiger partial charge in [-0.15, -0.1) is 0 Å². The maximum atomic E-state index is 5.17. The number of aromatic nitrogens is 4. The average molecular weight is 942 g/mol. The van der Waals surface area contributed by atoms with Crippen molar-refractivity contribution < 1.29 is 0 Å². The standard InChI is InChI=1S/C68H44BN5/c1-43-57(51-27-16-28-52(40-51)68-71-66(48-23-10-4-11-24-48)70-67(72-68)49-25-12-5-13-26-49)42-61-64-62(43)55-30-17-31-56-63-54-29-15-14-22-47(54)34-39-60(63)74(65(55)56)69(64)58-41-50(45-20-8-3-9-21-45)35-38-59(58)73(61)53-36-32-46(33-37-53)44-18-6-2-7-19-44/h2-42H,1H3. The van der Waals surface area contributed by atoms with Crippen LogP contribution in [0.1, 0.15) is 5.56 Å². The number of para-hydroxylation sites is 1. The Morgan fingerprint density at radius 2 is 0.919 bits per heavy atom. The van der Waals surface area contributed by atoms with Crippen molar-refractivity contribution in [3.63, 3.8) is 0 Å². The summed E-state index contributed by atoms with van der Waals surface area (Å²) in [6.07, 6.45) is 0. The lowest BCUT2D eigenvalue weighted by molar-refractivity contribution is 1.07. The lowest BCUT2D eigenvalue weighted by Gasteiger charge is -2.41. The number of rotatable bonds is 7. The van der Waals surface area contributed by atoms with Crippen molar-refractivity contribution in [1.82, 2.24) is 19.4 Å². The van der Waals surface area contributed by atoms with Crippen LogP contribution in [0.25, 0.3) is 111 Å². The maximum Gasteiger partial charge on any atom is 0.333 e. The number of benzene rings is 11. The van der Waals surface area contributed by atoms with E-state index in [1.54, 1.807) is 0 Å². The molecule has 0 spiro atoms. The summed E-state index contributed by atoms with van der Waals surface area (Å²) < 4.78 is 2.68. The van der Waals surface area contributed by atoms with Gasteiger partial charge in [0.25, 0.3) is 0 Å². The number of fused-ring (bicyclic) bond motifs is 9. The summed E-state index contributed by atoms with van der Waals surface area (Å²) in [5.41, 5.74) is 22.0. The third-order valence-electron chi connectivity index (χ3n) is 15.4. The van der Waals surface area contributed by atoms with Gasteiger partial charge in [-0.05, 0) is 110 Å². The largest absolute Gasteiger partial charge is 0.375 e. The van der Waals surface area contributed by atoms with E-state index >= 15 is 0 Å². The van der Waals surface area contributed by atoms with E-state index in [0.29, 0.717) is 17.5 Å². The molecule has 11 aromatic carbocycles. The highest BCUT2D eigenvalue weighted by molar-refractivity contribution is 6.90. The van der Waals surface area contributed by atoms with Crippen molar-refractivity contribution in [2.45, 2.75) is 6.92 Å². The number of hydrogen-bond donors (Lipinski definition) is 0. The van der Waals surface area contributed by atoms with E-state index in [2.05, 4.69) is 229 Å². The Bertz CT molecular complexity index is 4310. The van der Waals surface area contributed by atoms with Crippen molar-refractivity contribution in [1.29, 1.82) is 0 Å². The number of anilines is 3. The summed E-state index contributed by atoms with van der Waals surface area (Å²) in [7, 11) is 0. The minimum atomic E-state index is -0.133. The van der Waals surface area contributed by atoms with Gasteiger partial charge in [-0.1, -0.05) is 212 Å². The molecular weight excluding hydrogens is 898 g/mol. The summed E-state index contributed by atoms with van der Waals surface area (Å²) >= 11 is 0. The minimum Gasteiger partial charge on any atom is -0.375 e. The molecule has 4 heterocycles. The van der Waals surface area contributed by atoms with Crippen LogP contribution in [0, 0.1) is 6.92 Å². The van der Waals surface area contributed by atoms with Crippen LogP contribution >= 0.6 is 0 Å². The highest BCUT2D eigenvalue weighted by atomic mass is 15.2. The topological polar surface area (TPSA) is 46.8 Å². The quantitative estimate of drug-likeness (QED) is 0.149. The van der Waals surface area contributed by atoms with Gasteiger partial charge in [-0.25, -0.2) is 15.0 Å². The zero-order chi connectivity index (χ0) is 48.9. The second kappa shape index (κ2) is 16.7.